The van der Waals surface area contributed by atoms with E-state index in [4.69, 9.17) is 0 Å². The van der Waals surface area contributed by atoms with Crippen LogP contribution in [0.1, 0.15) is 25.8 Å². The Kier molecular flexibility index (Phi) is 4.86. The van der Waals surface area contributed by atoms with Crippen molar-refractivity contribution in [1.29, 1.82) is 0 Å². The number of nitrogens with one attached hydrogen (secondary N) is 2. The molecule has 0 radical (unpaired) electrons. The molecule has 1 fully saturated rings. The maximum absolute atomic E-state index is 12.3. The van der Waals surface area contributed by atoms with E-state index >= 15 is 0 Å². The van der Waals surface area contributed by atoms with Gasteiger partial charge in [-0.3, -0.25) is 15.0 Å². The van der Waals surface area contributed by atoms with Gasteiger partial charge in [0.05, 0.1) is 16.3 Å². The van der Waals surface area contributed by atoms with Gasteiger partial charge in [0, 0.05) is 5.39 Å². The average molecular weight is 372 g/mol. The first kappa shape index (κ1) is 18.2. The van der Waals surface area contributed by atoms with Crippen molar-refractivity contribution in [2.45, 2.75) is 37.8 Å². The number of pyridine rings is 1. The summed E-state index contributed by atoms with van der Waals surface area (Å²) >= 11 is 1.26. The minimum Gasteiger partial charge on any atom is -0.322 e. The van der Waals surface area contributed by atoms with E-state index in [0.717, 1.165) is 21.5 Å². The Morgan fingerprint density at radius 1 is 1.35 bits per heavy atom. The highest BCUT2D eigenvalue weighted by Crippen LogP contribution is 2.24. The van der Waals surface area contributed by atoms with E-state index in [2.05, 4.69) is 15.7 Å². The van der Waals surface area contributed by atoms with Crippen LogP contribution in [0.3, 0.4) is 0 Å². The molecule has 7 nitrogen and oxygen atoms in total. The fourth-order valence-electron chi connectivity index (χ4n) is 2.71. The second kappa shape index (κ2) is 6.95. The molecule has 4 amide bonds. The largest absolute Gasteiger partial charge is 0.344 e. The molecule has 0 aliphatic carbocycles. The summed E-state index contributed by atoms with van der Waals surface area (Å²) in [5.74, 6) is -0.848. The molecule has 2 heterocycles. The number of fused-ring (bicyclic) bond motifs is 1. The van der Waals surface area contributed by atoms with Crippen LogP contribution in [-0.4, -0.2) is 39.1 Å². The number of imide groups is 1. The molecule has 0 saturated carbocycles. The van der Waals surface area contributed by atoms with Crippen LogP contribution in [0.15, 0.2) is 35.4 Å². The summed E-state index contributed by atoms with van der Waals surface area (Å²) in [5.41, 5.74) is 3.34. The van der Waals surface area contributed by atoms with E-state index in [1.165, 1.54) is 11.8 Å². The van der Waals surface area contributed by atoms with Gasteiger partial charge in [-0.2, -0.15) is 5.01 Å². The van der Waals surface area contributed by atoms with Crippen molar-refractivity contribution < 1.29 is 14.4 Å². The number of nitrogens with zero attached hydrogens (tertiary/aromatic N) is 2. The van der Waals surface area contributed by atoms with E-state index in [1.54, 1.807) is 13.8 Å². The van der Waals surface area contributed by atoms with Crippen molar-refractivity contribution in [3.8, 4) is 0 Å². The number of aromatic nitrogens is 1. The number of aryl methyl sites for hydroxylation is 1. The van der Waals surface area contributed by atoms with Crippen LogP contribution in [0.4, 0.5) is 4.79 Å². The summed E-state index contributed by atoms with van der Waals surface area (Å²) in [6.45, 7) is 5.43. The Morgan fingerprint density at radius 2 is 2.08 bits per heavy atom. The van der Waals surface area contributed by atoms with Gasteiger partial charge in [-0.05, 0) is 38.0 Å². The Morgan fingerprint density at radius 3 is 2.77 bits per heavy atom. The summed E-state index contributed by atoms with van der Waals surface area (Å²) in [6.07, 6.45) is 0.443. The molecule has 1 atom stereocenters. The van der Waals surface area contributed by atoms with Gasteiger partial charge in [0.1, 0.15) is 5.54 Å². The van der Waals surface area contributed by atoms with Crippen LogP contribution >= 0.6 is 11.8 Å². The van der Waals surface area contributed by atoms with Crippen LogP contribution in [0, 0.1) is 6.92 Å². The molecular formula is C18H20N4O3S. The molecular weight excluding hydrogens is 352 g/mol. The monoisotopic (exact) mass is 372 g/mol. The van der Waals surface area contributed by atoms with Crippen molar-refractivity contribution in [3.63, 3.8) is 0 Å². The lowest BCUT2D eigenvalue weighted by Crippen LogP contribution is -2.49. The van der Waals surface area contributed by atoms with Crippen LogP contribution in [0.25, 0.3) is 10.9 Å². The van der Waals surface area contributed by atoms with Crippen molar-refractivity contribution >= 4 is 40.5 Å². The van der Waals surface area contributed by atoms with Crippen molar-refractivity contribution in [3.05, 3.63) is 35.9 Å². The maximum atomic E-state index is 12.3. The van der Waals surface area contributed by atoms with Crippen molar-refractivity contribution in [1.82, 2.24) is 20.7 Å². The predicted molar refractivity (Wildman–Crippen MR) is 99.4 cm³/mol. The number of hydrogen-bond acceptors (Lipinski definition) is 5. The molecule has 3 rings (SSSR count). The number of urea groups is 1. The van der Waals surface area contributed by atoms with Gasteiger partial charge in [0.2, 0.25) is 5.91 Å². The number of thioether (sulfide) groups is 1. The predicted octanol–water partition coefficient (Wildman–Crippen LogP) is 2.39. The third-order valence-electron chi connectivity index (χ3n) is 4.46. The molecule has 1 aromatic carbocycles. The summed E-state index contributed by atoms with van der Waals surface area (Å²) < 4.78 is 0. The first-order valence-corrected chi connectivity index (χ1v) is 9.28. The highest BCUT2D eigenvalue weighted by molar-refractivity contribution is 7.99. The topological polar surface area (TPSA) is 91.4 Å². The van der Waals surface area contributed by atoms with Crippen molar-refractivity contribution in [2.75, 3.05) is 5.75 Å². The van der Waals surface area contributed by atoms with E-state index in [1.807, 2.05) is 37.3 Å². The number of hydrogen-bond donors (Lipinski definition) is 2. The number of carbonyl (C=O) groups excluding carboxylic acids is 3. The van der Waals surface area contributed by atoms with Gasteiger partial charge in [0.15, 0.2) is 0 Å². The minimum atomic E-state index is -0.978. The number of rotatable bonds is 5. The van der Waals surface area contributed by atoms with Gasteiger partial charge in [-0.15, -0.1) is 0 Å². The van der Waals surface area contributed by atoms with Gasteiger partial charge >= 0.3 is 6.03 Å². The molecule has 2 aromatic rings. The number of para-hydroxylation sites is 1. The molecule has 1 aliphatic heterocycles. The zero-order chi connectivity index (χ0) is 18.9. The van der Waals surface area contributed by atoms with Gasteiger partial charge < -0.3 is 5.32 Å². The van der Waals surface area contributed by atoms with Crippen LogP contribution in [0.2, 0.25) is 0 Å². The van der Waals surface area contributed by atoms with E-state index in [0.29, 0.717) is 11.4 Å². The molecule has 1 saturated heterocycles. The minimum absolute atomic E-state index is 0.0463. The quantitative estimate of drug-likeness (QED) is 0.621. The second-order valence-corrected chi connectivity index (χ2v) is 7.37. The Hall–Kier alpha value is -2.61. The van der Waals surface area contributed by atoms with Crippen LogP contribution < -0.4 is 10.7 Å². The summed E-state index contributed by atoms with van der Waals surface area (Å²) in [5, 5.41) is 5.13. The lowest BCUT2D eigenvalue weighted by molar-refractivity contribution is -0.137. The molecule has 1 unspecified atom stereocenters. The Balaban J connectivity index is 1.65. The van der Waals surface area contributed by atoms with Crippen LogP contribution in [0.5, 0.6) is 0 Å². The van der Waals surface area contributed by atoms with Crippen LogP contribution in [-0.2, 0) is 9.59 Å². The normalized spacial score (nSPS) is 19.7. The maximum Gasteiger partial charge on any atom is 0.344 e. The summed E-state index contributed by atoms with van der Waals surface area (Å²) in [7, 11) is 0. The smallest absolute Gasteiger partial charge is 0.322 e. The highest BCUT2D eigenvalue weighted by Gasteiger charge is 2.47. The molecule has 2 N–H and O–H groups in total. The van der Waals surface area contributed by atoms with Gasteiger partial charge in [-0.25, -0.2) is 9.78 Å². The molecule has 1 aromatic heterocycles. The Bertz CT molecular complexity index is 901. The lowest BCUT2D eigenvalue weighted by atomic mass is 10.00. The lowest BCUT2D eigenvalue weighted by Gasteiger charge is -2.19. The van der Waals surface area contributed by atoms with Gasteiger partial charge in [0.25, 0.3) is 5.91 Å². The molecule has 8 heteroatoms. The number of benzene rings is 1. The summed E-state index contributed by atoms with van der Waals surface area (Å²) in [6, 6.07) is 9.10. The fourth-order valence-corrected chi connectivity index (χ4v) is 3.48. The zero-order valence-electron chi connectivity index (χ0n) is 14.8. The molecule has 0 spiro atoms. The first-order chi connectivity index (χ1) is 12.3. The Labute approximate surface area is 155 Å². The fraction of sp³-hybridized carbons (Fsp3) is 0.333. The van der Waals surface area contributed by atoms with E-state index < -0.39 is 23.4 Å². The third kappa shape index (κ3) is 3.37. The third-order valence-corrected chi connectivity index (χ3v) is 5.37. The van der Waals surface area contributed by atoms with E-state index in [9.17, 15) is 14.4 Å². The van der Waals surface area contributed by atoms with E-state index in [-0.39, 0.29) is 5.75 Å². The number of amides is 4. The first-order valence-electron chi connectivity index (χ1n) is 8.29. The van der Waals surface area contributed by atoms with Gasteiger partial charge in [-0.1, -0.05) is 36.9 Å². The second-order valence-electron chi connectivity index (χ2n) is 6.37. The number of hydrazine groups is 1. The van der Waals surface area contributed by atoms with Crippen molar-refractivity contribution in [2.24, 2.45) is 0 Å². The zero-order valence-corrected chi connectivity index (χ0v) is 15.6. The summed E-state index contributed by atoms with van der Waals surface area (Å²) in [4.78, 5) is 40.9. The molecule has 0 bridgehead atoms. The number of carbonyl (C=O) groups is 3. The average Bonchev–Trinajstić information content (AvgIpc) is 2.84. The molecule has 26 heavy (non-hydrogen) atoms. The molecule has 136 valence electrons. The highest BCUT2D eigenvalue weighted by atomic mass is 32.2. The molecule has 1 aliphatic rings. The standard InChI is InChI=1S/C18H20N4O3S/c1-4-18(3)16(24)22(17(25)20-18)21-14(23)10-26-15-9-11(2)12-7-5-6-8-13(12)19-15/h5-9H,4,10H2,1-3H3,(H,20,25)(H,21,23). The SMILES string of the molecule is CCC1(C)NC(=O)N(NC(=O)CSc2cc(C)c3ccccc3n2)C1=O.